The summed E-state index contributed by atoms with van der Waals surface area (Å²) in [5.74, 6) is -0.887. The molecule has 0 spiro atoms. The summed E-state index contributed by atoms with van der Waals surface area (Å²) in [5, 5.41) is 2.59. The van der Waals surface area contributed by atoms with Crippen molar-refractivity contribution < 1.29 is 19.1 Å². The van der Waals surface area contributed by atoms with Crippen molar-refractivity contribution in [3.05, 3.63) is 0 Å². The minimum Gasteiger partial charge on any atom is -0.385 e. The molecule has 0 bridgehead atoms. The topological polar surface area (TPSA) is 102 Å². The first-order chi connectivity index (χ1) is 9.89. The number of nitrogens with two attached hydrogens (primary N) is 1. The lowest BCUT2D eigenvalue weighted by molar-refractivity contribution is -0.138. The van der Waals surface area contributed by atoms with Crippen LogP contribution in [0, 0.1) is 5.41 Å². The molecule has 1 aliphatic heterocycles. The van der Waals surface area contributed by atoms with E-state index in [1.54, 1.807) is 12.0 Å². The number of rotatable bonds is 7. The molecule has 2 fully saturated rings. The first-order valence-corrected chi connectivity index (χ1v) is 7.25. The summed E-state index contributed by atoms with van der Waals surface area (Å²) in [6, 6.07) is -0.445. The van der Waals surface area contributed by atoms with E-state index in [9.17, 15) is 14.4 Å². The molecule has 0 aromatic carbocycles. The molecule has 0 aromatic rings. The van der Waals surface area contributed by atoms with Gasteiger partial charge in [-0.1, -0.05) is 6.92 Å². The predicted molar refractivity (Wildman–Crippen MR) is 75.1 cm³/mol. The van der Waals surface area contributed by atoms with Gasteiger partial charge < -0.3 is 20.7 Å². The number of nitrogens with zero attached hydrogens (tertiary/aromatic N) is 1. The Morgan fingerprint density at radius 3 is 2.71 bits per heavy atom. The van der Waals surface area contributed by atoms with Gasteiger partial charge in [-0.15, -0.1) is 0 Å². The summed E-state index contributed by atoms with van der Waals surface area (Å²) in [7, 11) is 1.57. The van der Waals surface area contributed by atoms with Crippen LogP contribution in [0.15, 0.2) is 0 Å². The third-order valence-corrected chi connectivity index (χ3v) is 4.44. The van der Waals surface area contributed by atoms with Crippen LogP contribution < -0.4 is 11.1 Å². The number of likely N-dealkylation sites (tertiary alicyclic amines) is 1. The Hall–Kier alpha value is -1.63. The van der Waals surface area contributed by atoms with E-state index < -0.39 is 11.9 Å². The summed E-state index contributed by atoms with van der Waals surface area (Å²) in [6.07, 6.45) is 2.47. The van der Waals surface area contributed by atoms with Crippen LogP contribution >= 0.6 is 0 Å². The zero-order chi connectivity index (χ0) is 15.6. The van der Waals surface area contributed by atoms with Gasteiger partial charge in [-0.05, 0) is 24.7 Å². The highest BCUT2D eigenvalue weighted by molar-refractivity contribution is 5.91. The molecule has 3 N–H and O–H groups in total. The van der Waals surface area contributed by atoms with Gasteiger partial charge in [0.25, 0.3) is 0 Å². The second kappa shape index (κ2) is 6.01. The second-order valence-corrected chi connectivity index (χ2v) is 6.17. The fraction of sp³-hybridized carbons (Fsp3) is 0.786. The average molecular weight is 297 g/mol. The summed E-state index contributed by atoms with van der Waals surface area (Å²) >= 11 is 0. The number of nitrogens with one attached hydrogen (secondary N) is 1. The molecular formula is C14H23N3O4. The monoisotopic (exact) mass is 297 g/mol. The van der Waals surface area contributed by atoms with Crippen molar-refractivity contribution in [1.29, 1.82) is 0 Å². The van der Waals surface area contributed by atoms with E-state index in [0.717, 1.165) is 6.42 Å². The Morgan fingerprint density at radius 1 is 1.38 bits per heavy atom. The fourth-order valence-corrected chi connectivity index (χ4v) is 3.11. The smallest absolute Gasteiger partial charge is 0.242 e. The van der Waals surface area contributed by atoms with Crippen molar-refractivity contribution in [3.8, 4) is 0 Å². The van der Waals surface area contributed by atoms with Crippen LogP contribution in [0.5, 0.6) is 0 Å². The molecule has 1 aliphatic carbocycles. The van der Waals surface area contributed by atoms with Crippen LogP contribution in [-0.4, -0.2) is 55.0 Å². The highest BCUT2D eigenvalue weighted by Crippen LogP contribution is 2.58. The van der Waals surface area contributed by atoms with Gasteiger partial charge in [-0.3, -0.25) is 14.4 Å². The second-order valence-electron chi connectivity index (χ2n) is 6.17. The molecule has 3 amide bonds. The molecule has 21 heavy (non-hydrogen) atoms. The van der Waals surface area contributed by atoms with Crippen molar-refractivity contribution in [2.45, 2.75) is 44.7 Å². The minimum atomic E-state index is -0.536. The van der Waals surface area contributed by atoms with Crippen molar-refractivity contribution in [1.82, 2.24) is 10.2 Å². The maximum absolute atomic E-state index is 12.3. The fourth-order valence-electron chi connectivity index (χ4n) is 3.11. The van der Waals surface area contributed by atoms with E-state index in [2.05, 4.69) is 12.2 Å². The first kappa shape index (κ1) is 15.8. The molecular weight excluding hydrogens is 274 g/mol. The largest absolute Gasteiger partial charge is 0.385 e. The lowest BCUT2D eigenvalue weighted by atomic mass is 10.0. The van der Waals surface area contributed by atoms with E-state index in [-0.39, 0.29) is 29.8 Å². The maximum Gasteiger partial charge on any atom is 0.242 e. The first-order valence-electron chi connectivity index (χ1n) is 7.25. The highest BCUT2D eigenvalue weighted by atomic mass is 16.5. The Kier molecular flexibility index (Phi) is 4.51. The number of hydrogen-bond acceptors (Lipinski definition) is 4. The van der Waals surface area contributed by atoms with Crippen molar-refractivity contribution >= 4 is 17.7 Å². The SMILES string of the molecule is COCCCC(=O)NCC(=O)N1[C@H]2C[C@@]2(C)C[C@H]1C(N)=O. The van der Waals surface area contributed by atoms with Gasteiger partial charge in [-0.2, -0.15) is 0 Å². The molecule has 0 aromatic heterocycles. The Morgan fingerprint density at radius 2 is 2.10 bits per heavy atom. The van der Waals surface area contributed by atoms with Crippen molar-refractivity contribution in [2.24, 2.45) is 11.1 Å². The van der Waals surface area contributed by atoms with Crippen molar-refractivity contribution in [3.63, 3.8) is 0 Å². The number of carbonyl (C=O) groups is 3. The van der Waals surface area contributed by atoms with Gasteiger partial charge in [0, 0.05) is 26.2 Å². The zero-order valence-corrected chi connectivity index (χ0v) is 12.6. The molecule has 1 heterocycles. The molecule has 1 saturated heterocycles. The highest BCUT2D eigenvalue weighted by Gasteiger charge is 2.63. The van der Waals surface area contributed by atoms with Crippen LogP contribution in [0.25, 0.3) is 0 Å². The summed E-state index contributed by atoms with van der Waals surface area (Å²) < 4.78 is 4.86. The molecule has 7 heteroatoms. The molecule has 0 radical (unpaired) electrons. The molecule has 2 aliphatic rings. The number of primary amides is 1. The third-order valence-electron chi connectivity index (χ3n) is 4.44. The minimum absolute atomic E-state index is 0.0256. The van der Waals surface area contributed by atoms with E-state index in [1.807, 2.05) is 0 Å². The predicted octanol–water partition coefficient (Wildman–Crippen LogP) is -0.606. The van der Waals surface area contributed by atoms with E-state index in [0.29, 0.717) is 25.9 Å². The van der Waals surface area contributed by atoms with Gasteiger partial charge in [-0.25, -0.2) is 0 Å². The van der Waals surface area contributed by atoms with Gasteiger partial charge >= 0.3 is 0 Å². The molecule has 118 valence electrons. The number of amides is 3. The Balaban J connectivity index is 1.82. The quantitative estimate of drug-likeness (QED) is 0.612. The Bertz CT molecular complexity index is 454. The number of ether oxygens (including phenoxy) is 1. The normalized spacial score (nSPS) is 29.9. The number of carbonyl (C=O) groups excluding carboxylic acids is 3. The van der Waals surface area contributed by atoms with Gasteiger partial charge in [0.05, 0.1) is 6.54 Å². The van der Waals surface area contributed by atoms with E-state index in [1.165, 1.54) is 0 Å². The van der Waals surface area contributed by atoms with E-state index >= 15 is 0 Å². The summed E-state index contributed by atoms with van der Waals surface area (Å²) in [4.78, 5) is 36.9. The molecule has 7 nitrogen and oxygen atoms in total. The van der Waals surface area contributed by atoms with Crippen LogP contribution in [0.2, 0.25) is 0 Å². The Labute approximate surface area is 124 Å². The van der Waals surface area contributed by atoms with Gasteiger partial charge in [0.1, 0.15) is 6.04 Å². The third kappa shape index (κ3) is 3.34. The number of piperidine rings is 1. The maximum atomic E-state index is 12.3. The van der Waals surface area contributed by atoms with Crippen LogP contribution in [0.1, 0.15) is 32.6 Å². The lowest BCUT2D eigenvalue weighted by Crippen LogP contribution is -2.49. The number of fused-ring (bicyclic) bond motifs is 1. The van der Waals surface area contributed by atoms with E-state index in [4.69, 9.17) is 10.5 Å². The number of methoxy groups -OCH3 is 1. The standard InChI is InChI=1S/C14H23N3O4/c1-14-6-9(13(15)20)17(10(14)7-14)12(19)8-16-11(18)4-3-5-21-2/h9-10H,3-8H2,1-2H3,(H2,15,20)(H,16,18)/t9-,10-,14+/m0/s1. The van der Waals surface area contributed by atoms with Crippen molar-refractivity contribution in [2.75, 3.05) is 20.3 Å². The van der Waals surface area contributed by atoms with Gasteiger partial charge in [0.2, 0.25) is 17.7 Å². The molecule has 0 unspecified atom stereocenters. The van der Waals surface area contributed by atoms with Crippen LogP contribution in [0.4, 0.5) is 0 Å². The average Bonchev–Trinajstić information content (AvgIpc) is 2.98. The number of hydrogen-bond donors (Lipinski definition) is 2. The summed E-state index contributed by atoms with van der Waals surface area (Å²) in [5.41, 5.74) is 5.40. The molecule has 1 saturated carbocycles. The van der Waals surface area contributed by atoms with Crippen LogP contribution in [0.3, 0.4) is 0 Å². The van der Waals surface area contributed by atoms with Gasteiger partial charge in [0.15, 0.2) is 0 Å². The molecule has 2 rings (SSSR count). The van der Waals surface area contributed by atoms with Crippen LogP contribution in [-0.2, 0) is 19.1 Å². The zero-order valence-electron chi connectivity index (χ0n) is 12.6. The summed E-state index contributed by atoms with van der Waals surface area (Å²) in [6.45, 7) is 2.49. The lowest BCUT2D eigenvalue weighted by Gasteiger charge is -2.25. The molecule has 3 atom stereocenters.